The molecule has 0 radical (unpaired) electrons. The highest BCUT2D eigenvalue weighted by Gasteiger charge is 2.30. The Morgan fingerprint density at radius 2 is 2.03 bits per heavy atom. The van der Waals surface area contributed by atoms with E-state index in [1.165, 1.54) is 28.7 Å². The van der Waals surface area contributed by atoms with E-state index in [1.807, 2.05) is 23.1 Å². The lowest BCUT2D eigenvalue weighted by molar-refractivity contribution is -0.138. The maximum absolute atomic E-state index is 13.3. The van der Waals surface area contributed by atoms with Crippen LogP contribution in [0.25, 0.3) is 0 Å². The molecule has 2 N–H and O–H groups in total. The second kappa shape index (κ2) is 11.9. The molecule has 1 saturated carbocycles. The Morgan fingerprint density at radius 1 is 1.29 bits per heavy atom. The molecule has 34 heavy (non-hydrogen) atoms. The normalized spacial score (nSPS) is 18.4. The molecule has 2 aromatic rings. The van der Waals surface area contributed by atoms with Crippen LogP contribution in [0, 0.1) is 5.92 Å². The molecule has 0 aliphatic heterocycles. The summed E-state index contributed by atoms with van der Waals surface area (Å²) < 4.78 is 5.13. The van der Waals surface area contributed by atoms with Crippen molar-refractivity contribution in [3.63, 3.8) is 0 Å². The number of carbonyl (C=O) groups excluding carboxylic acids is 1. The zero-order valence-corrected chi connectivity index (χ0v) is 22.0. The van der Waals surface area contributed by atoms with Crippen LogP contribution < -0.4 is 10.1 Å². The average molecular weight is 506 g/mol. The van der Waals surface area contributed by atoms with Gasteiger partial charge in [0.05, 0.1) is 17.5 Å². The summed E-state index contributed by atoms with van der Waals surface area (Å²) >= 11 is 2.55. The molecule has 0 spiro atoms. The maximum atomic E-state index is 13.3. The second-order valence-electron chi connectivity index (χ2n) is 9.39. The number of nitrogens with one attached hydrogen (secondary N) is 1. The van der Waals surface area contributed by atoms with Crippen molar-refractivity contribution >= 4 is 40.2 Å². The molecule has 1 fully saturated rings. The van der Waals surface area contributed by atoms with E-state index in [-0.39, 0.29) is 12.1 Å². The number of thioether (sulfide) groups is 1. The van der Waals surface area contributed by atoms with Crippen molar-refractivity contribution in [3.05, 3.63) is 36.0 Å². The molecular weight excluding hydrogens is 470 g/mol. The first-order chi connectivity index (χ1) is 16.2. The van der Waals surface area contributed by atoms with Crippen molar-refractivity contribution in [2.45, 2.75) is 74.3 Å². The smallest absolute Gasteiger partial charge is 0.323 e. The summed E-state index contributed by atoms with van der Waals surface area (Å²) in [5, 5.41) is 12.8. The third-order valence-electron chi connectivity index (χ3n) is 6.25. The zero-order chi connectivity index (χ0) is 24.7. The standard InChI is InChI=1S/C25H35N3O4S2/c1-17-10-12-19(13-11-17)28(14-6-8-18-7-5-9-20(15-18)32-4)24(31)27-23-26-16-21(33-23)34-25(2,3)22(29)30/h5,7,9,15-17,19H,6,8,10-14H2,1-4H3,(H,29,30)(H,26,27,31)/t17-,19-. The molecule has 1 aromatic carbocycles. The number of carboxylic acids is 1. The van der Waals surface area contributed by atoms with E-state index in [2.05, 4.69) is 23.3 Å². The van der Waals surface area contributed by atoms with Gasteiger partial charge in [0, 0.05) is 12.6 Å². The summed E-state index contributed by atoms with van der Waals surface area (Å²) in [6, 6.07) is 8.15. The molecule has 0 saturated heterocycles. The number of nitrogens with zero attached hydrogens (tertiary/aromatic N) is 2. The van der Waals surface area contributed by atoms with Crippen molar-refractivity contribution in [2.24, 2.45) is 5.92 Å². The molecule has 0 atom stereocenters. The Hall–Kier alpha value is -2.26. The summed E-state index contributed by atoms with van der Waals surface area (Å²) in [5.74, 6) is 0.663. The van der Waals surface area contributed by atoms with Crippen LogP contribution in [0.15, 0.2) is 34.7 Å². The van der Waals surface area contributed by atoms with Crippen LogP contribution in [0.1, 0.15) is 58.4 Å². The highest BCUT2D eigenvalue weighted by molar-refractivity contribution is 8.03. The Morgan fingerprint density at radius 3 is 2.71 bits per heavy atom. The summed E-state index contributed by atoms with van der Waals surface area (Å²) in [6.07, 6.45) is 7.65. The van der Waals surface area contributed by atoms with Crippen molar-refractivity contribution in [1.29, 1.82) is 0 Å². The first-order valence-corrected chi connectivity index (χ1v) is 13.4. The van der Waals surface area contributed by atoms with Gasteiger partial charge in [-0.05, 0) is 76.0 Å². The van der Waals surface area contributed by atoms with Gasteiger partial charge in [0.2, 0.25) is 0 Å². The number of aryl methyl sites for hydroxylation is 1. The molecule has 1 aliphatic carbocycles. The number of carboxylic acid groups (broad SMARTS) is 1. The van der Waals surface area contributed by atoms with Crippen molar-refractivity contribution in [1.82, 2.24) is 9.88 Å². The average Bonchev–Trinajstić information content (AvgIpc) is 3.23. The maximum Gasteiger partial charge on any atom is 0.323 e. The van der Waals surface area contributed by atoms with E-state index >= 15 is 0 Å². The summed E-state index contributed by atoms with van der Waals surface area (Å²) in [4.78, 5) is 31.0. The highest BCUT2D eigenvalue weighted by atomic mass is 32.2. The van der Waals surface area contributed by atoms with E-state index in [0.717, 1.165) is 48.5 Å². The summed E-state index contributed by atoms with van der Waals surface area (Å²) in [6.45, 7) is 6.26. The largest absolute Gasteiger partial charge is 0.497 e. The number of amides is 2. The van der Waals surface area contributed by atoms with Crippen LogP contribution >= 0.6 is 23.1 Å². The SMILES string of the molecule is COc1cccc(CCCN(C(=O)Nc2ncc(SC(C)(C)C(=O)O)s2)[C@H]2CC[C@H](C)CC2)c1. The van der Waals surface area contributed by atoms with E-state index in [9.17, 15) is 14.7 Å². The minimum atomic E-state index is -0.960. The van der Waals surface area contributed by atoms with Gasteiger partial charge >= 0.3 is 12.0 Å². The fraction of sp³-hybridized carbons (Fsp3) is 0.560. The second-order valence-corrected chi connectivity index (χ2v) is 12.3. The van der Waals surface area contributed by atoms with E-state index in [4.69, 9.17) is 4.74 Å². The van der Waals surface area contributed by atoms with E-state index in [0.29, 0.717) is 17.6 Å². The molecule has 1 aromatic heterocycles. The first kappa shape index (κ1) is 26.3. The Labute approximate surface area is 210 Å². The van der Waals surface area contributed by atoms with Gasteiger partial charge in [-0.15, -0.1) is 0 Å². The van der Waals surface area contributed by atoms with E-state index in [1.54, 1.807) is 27.2 Å². The number of thiazole rings is 1. The van der Waals surface area contributed by atoms with Gasteiger partial charge in [-0.2, -0.15) is 0 Å². The molecule has 7 nitrogen and oxygen atoms in total. The molecule has 1 heterocycles. The Balaban J connectivity index is 1.64. The quantitative estimate of drug-likeness (QED) is 0.376. The number of carbonyl (C=O) groups is 2. The molecule has 0 bridgehead atoms. The van der Waals surface area contributed by atoms with Crippen LogP contribution in [0.3, 0.4) is 0 Å². The fourth-order valence-corrected chi connectivity index (χ4v) is 6.37. The molecule has 2 amide bonds. The van der Waals surface area contributed by atoms with Gasteiger partial charge in [0.1, 0.15) is 10.5 Å². The number of rotatable bonds is 10. The highest BCUT2D eigenvalue weighted by Crippen LogP contribution is 2.37. The lowest BCUT2D eigenvalue weighted by Crippen LogP contribution is -2.45. The monoisotopic (exact) mass is 505 g/mol. The molecule has 186 valence electrons. The van der Waals surface area contributed by atoms with Crippen molar-refractivity contribution in [3.8, 4) is 5.75 Å². The number of ether oxygens (including phenoxy) is 1. The van der Waals surface area contributed by atoms with Crippen LogP contribution in [0.4, 0.5) is 9.93 Å². The Kier molecular flexibility index (Phi) is 9.24. The third kappa shape index (κ3) is 7.37. The van der Waals surface area contributed by atoms with E-state index < -0.39 is 10.7 Å². The predicted molar refractivity (Wildman–Crippen MR) is 138 cm³/mol. The number of anilines is 1. The molecule has 3 rings (SSSR count). The third-order valence-corrected chi connectivity index (χ3v) is 8.45. The summed E-state index contributed by atoms with van der Waals surface area (Å²) in [5.41, 5.74) is 1.19. The van der Waals surface area contributed by atoms with Crippen LogP contribution in [-0.4, -0.2) is 51.4 Å². The van der Waals surface area contributed by atoms with Crippen LogP contribution in [0.5, 0.6) is 5.75 Å². The van der Waals surface area contributed by atoms with Gasteiger partial charge in [-0.25, -0.2) is 9.78 Å². The molecule has 1 aliphatic rings. The van der Waals surface area contributed by atoms with Crippen molar-refractivity contribution < 1.29 is 19.4 Å². The fourth-order valence-electron chi connectivity index (χ4n) is 4.11. The van der Waals surface area contributed by atoms with Gasteiger partial charge in [-0.1, -0.05) is 42.2 Å². The minimum Gasteiger partial charge on any atom is -0.497 e. The number of urea groups is 1. The predicted octanol–water partition coefficient (Wildman–Crippen LogP) is 6.15. The van der Waals surface area contributed by atoms with Gasteiger partial charge in [0.25, 0.3) is 0 Å². The molecular formula is C25H35N3O4S2. The van der Waals surface area contributed by atoms with Gasteiger partial charge in [-0.3, -0.25) is 10.1 Å². The van der Waals surface area contributed by atoms with Gasteiger partial charge in [0.15, 0.2) is 5.13 Å². The van der Waals surface area contributed by atoms with Gasteiger partial charge < -0.3 is 14.7 Å². The van der Waals surface area contributed by atoms with Crippen LogP contribution in [-0.2, 0) is 11.2 Å². The lowest BCUT2D eigenvalue weighted by Gasteiger charge is -2.36. The van der Waals surface area contributed by atoms with Crippen LogP contribution in [0.2, 0.25) is 0 Å². The topological polar surface area (TPSA) is 91.8 Å². The minimum absolute atomic E-state index is 0.131. The molecule has 0 unspecified atom stereocenters. The molecule has 9 heteroatoms. The lowest BCUT2D eigenvalue weighted by atomic mass is 9.86. The number of methoxy groups -OCH3 is 1. The number of hydrogen-bond donors (Lipinski definition) is 2. The number of hydrogen-bond acceptors (Lipinski definition) is 6. The Bertz CT molecular complexity index is 971. The van der Waals surface area contributed by atoms with Crippen molar-refractivity contribution in [2.75, 3.05) is 19.0 Å². The number of benzene rings is 1. The number of aliphatic carboxylic acids is 1. The summed E-state index contributed by atoms with van der Waals surface area (Å²) in [7, 11) is 1.67. The zero-order valence-electron chi connectivity index (χ0n) is 20.4. The first-order valence-electron chi connectivity index (χ1n) is 11.8. The number of aromatic nitrogens is 1.